The van der Waals surface area contributed by atoms with Gasteiger partial charge in [-0.2, -0.15) is 0 Å². The Morgan fingerprint density at radius 1 is 1.40 bits per heavy atom. The van der Waals surface area contributed by atoms with Crippen molar-refractivity contribution in [3.8, 4) is 0 Å². The van der Waals surface area contributed by atoms with E-state index in [1.807, 2.05) is 13.0 Å². The molecule has 0 radical (unpaired) electrons. The molecular formula is C11H16O3S. The fourth-order valence-electron chi connectivity index (χ4n) is 1.25. The van der Waals surface area contributed by atoms with Crippen molar-refractivity contribution in [2.24, 2.45) is 0 Å². The average molecular weight is 228 g/mol. The van der Waals surface area contributed by atoms with Crippen LogP contribution in [-0.4, -0.2) is 25.4 Å². The van der Waals surface area contributed by atoms with E-state index in [1.165, 1.54) is 0 Å². The first-order valence-corrected chi connectivity index (χ1v) is 6.54. The molecule has 0 heterocycles. The zero-order chi connectivity index (χ0) is 11.5. The highest BCUT2D eigenvalue weighted by Crippen LogP contribution is 2.14. The Kier molecular flexibility index (Phi) is 3.88. The molecule has 15 heavy (non-hydrogen) atoms. The molecule has 0 bridgehead atoms. The van der Waals surface area contributed by atoms with Crippen molar-refractivity contribution in [3.63, 3.8) is 0 Å². The maximum absolute atomic E-state index is 11.8. The Labute approximate surface area is 90.7 Å². The number of sulfone groups is 1. The zero-order valence-electron chi connectivity index (χ0n) is 8.97. The second-order valence-corrected chi connectivity index (χ2v) is 5.88. The smallest absolute Gasteiger partial charge is 0.178 e. The van der Waals surface area contributed by atoms with Gasteiger partial charge >= 0.3 is 0 Å². The summed E-state index contributed by atoms with van der Waals surface area (Å²) in [5, 5.41) is 9.05. The van der Waals surface area contributed by atoms with Crippen molar-refractivity contribution < 1.29 is 13.5 Å². The number of hydrogen-bond acceptors (Lipinski definition) is 3. The summed E-state index contributed by atoms with van der Waals surface area (Å²) in [4.78, 5) is 0.336. The van der Waals surface area contributed by atoms with Gasteiger partial charge in [0.15, 0.2) is 9.84 Å². The van der Waals surface area contributed by atoms with Gasteiger partial charge in [-0.25, -0.2) is 8.42 Å². The summed E-state index contributed by atoms with van der Waals surface area (Å²) in [6.07, 6.45) is -0.305. The van der Waals surface area contributed by atoms with E-state index in [9.17, 15) is 8.42 Å². The predicted molar refractivity (Wildman–Crippen MR) is 59.5 cm³/mol. The first-order valence-electron chi connectivity index (χ1n) is 4.89. The molecule has 1 rings (SSSR count). The van der Waals surface area contributed by atoms with E-state index >= 15 is 0 Å². The molecule has 0 aliphatic rings. The fourth-order valence-corrected chi connectivity index (χ4v) is 2.79. The summed E-state index contributed by atoms with van der Waals surface area (Å²) in [5.41, 5.74) is 0.924. The van der Waals surface area contributed by atoms with Gasteiger partial charge in [-0.05, 0) is 38.0 Å². The third kappa shape index (κ3) is 3.64. The molecular weight excluding hydrogens is 212 g/mol. The highest BCUT2D eigenvalue weighted by atomic mass is 32.2. The molecule has 4 heteroatoms. The third-order valence-corrected chi connectivity index (χ3v) is 3.90. The topological polar surface area (TPSA) is 54.4 Å². The van der Waals surface area contributed by atoms with Crippen LogP contribution in [0.15, 0.2) is 29.2 Å². The van der Waals surface area contributed by atoms with E-state index in [4.69, 9.17) is 5.11 Å². The van der Waals surface area contributed by atoms with Gasteiger partial charge in [0.2, 0.25) is 0 Å². The van der Waals surface area contributed by atoms with Gasteiger partial charge in [0.25, 0.3) is 0 Å². The van der Waals surface area contributed by atoms with Gasteiger partial charge in [0, 0.05) is 0 Å². The molecule has 0 saturated heterocycles. The summed E-state index contributed by atoms with van der Waals surface area (Å²) < 4.78 is 23.6. The number of aliphatic hydroxyl groups excluding tert-OH is 1. The average Bonchev–Trinajstić information content (AvgIpc) is 2.15. The quantitative estimate of drug-likeness (QED) is 0.850. The second kappa shape index (κ2) is 4.77. The van der Waals surface area contributed by atoms with Gasteiger partial charge in [-0.1, -0.05) is 12.1 Å². The summed E-state index contributed by atoms with van der Waals surface area (Å²) in [6.45, 7) is 3.44. The molecule has 84 valence electrons. The molecule has 3 nitrogen and oxygen atoms in total. The molecule has 1 atom stereocenters. The minimum absolute atomic E-state index is 0.00583. The lowest BCUT2D eigenvalue weighted by Crippen LogP contribution is -2.12. The lowest BCUT2D eigenvalue weighted by atomic mass is 10.2. The lowest BCUT2D eigenvalue weighted by molar-refractivity contribution is 0.191. The summed E-state index contributed by atoms with van der Waals surface area (Å²) >= 11 is 0. The summed E-state index contributed by atoms with van der Waals surface area (Å²) in [5.74, 6) is -0.00583. The fraction of sp³-hybridized carbons (Fsp3) is 0.455. The van der Waals surface area contributed by atoms with Gasteiger partial charge < -0.3 is 5.11 Å². The van der Waals surface area contributed by atoms with Crippen LogP contribution in [0, 0.1) is 6.92 Å². The van der Waals surface area contributed by atoms with E-state index < -0.39 is 15.9 Å². The maximum atomic E-state index is 11.8. The minimum atomic E-state index is -3.24. The molecule has 0 saturated carbocycles. The number of rotatable bonds is 4. The number of aliphatic hydroxyl groups is 1. The Morgan fingerprint density at radius 2 is 2.07 bits per heavy atom. The van der Waals surface area contributed by atoms with Crippen molar-refractivity contribution in [3.05, 3.63) is 29.8 Å². The molecule has 0 aliphatic heterocycles. The van der Waals surface area contributed by atoms with Gasteiger partial charge in [0.05, 0.1) is 16.8 Å². The maximum Gasteiger partial charge on any atom is 0.178 e. The minimum Gasteiger partial charge on any atom is -0.393 e. The van der Waals surface area contributed by atoms with Crippen LogP contribution in [-0.2, 0) is 9.84 Å². The highest BCUT2D eigenvalue weighted by Gasteiger charge is 2.14. The molecule has 0 amide bonds. The molecule has 1 N–H and O–H groups in total. The first kappa shape index (κ1) is 12.2. The van der Waals surface area contributed by atoms with E-state index in [-0.39, 0.29) is 12.2 Å². The molecule has 0 aromatic heterocycles. The molecule has 1 unspecified atom stereocenters. The van der Waals surface area contributed by atoms with Crippen LogP contribution < -0.4 is 0 Å². The molecule has 0 aliphatic carbocycles. The number of aryl methyl sites for hydroxylation is 1. The largest absolute Gasteiger partial charge is 0.393 e. The van der Waals surface area contributed by atoms with Crippen LogP contribution in [0.2, 0.25) is 0 Å². The summed E-state index contributed by atoms with van der Waals surface area (Å²) in [6, 6.07) is 6.82. The summed E-state index contributed by atoms with van der Waals surface area (Å²) in [7, 11) is -3.24. The Bertz CT molecular complexity index is 421. The Balaban J connectivity index is 2.87. The van der Waals surface area contributed by atoms with E-state index in [2.05, 4.69) is 0 Å². The second-order valence-electron chi connectivity index (χ2n) is 3.77. The van der Waals surface area contributed by atoms with Crippen molar-refractivity contribution in [2.45, 2.75) is 31.3 Å². The number of hydrogen-bond donors (Lipinski definition) is 1. The normalized spacial score (nSPS) is 13.8. The lowest BCUT2D eigenvalue weighted by Gasteiger charge is -2.06. The molecule has 1 aromatic carbocycles. The van der Waals surface area contributed by atoms with Crippen LogP contribution in [0.5, 0.6) is 0 Å². The van der Waals surface area contributed by atoms with E-state index in [0.29, 0.717) is 4.90 Å². The van der Waals surface area contributed by atoms with Crippen molar-refractivity contribution >= 4 is 9.84 Å². The van der Waals surface area contributed by atoms with Crippen LogP contribution >= 0.6 is 0 Å². The highest BCUT2D eigenvalue weighted by molar-refractivity contribution is 7.91. The van der Waals surface area contributed by atoms with E-state index in [1.54, 1.807) is 25.1 Å². The monoisotopic (exact) mass is 228 g/mol. The number of benzene rings is 1. The van der Waals surface area contributed by atoms with Crippen molar-refractivity contribution in [1.29, 1.82) is 0 Å². The standard InChI is InChI=1S/C11H16O3S/c1-9-4-3-5-11(8-9)15(13,14)7-6-10(2)12/h3-5,8,10,12H,6-7H2,1-2H3. The predicted octanol–water partition coefficient (Wildman–Crippen LogP) is 1.54. The molecule has 0 fully saturated rings. The molecule has 1 aromatic rings. The first-order chi connectivity index (χ1) is 6.92. The van der Waals surface area contributed by atoms with Crippen molar-refractivity contribution in [2.75, 3.05) is 5.75 Å². The van der Waals surface area contributed by atoms with Gasteiger partial charge in [-0.3, -0.25) is 0 Å². The van der Waals surface area contributed by atoms with Crippen molar-refractivity contribution in [1.82, 2.24) is 0 Å². The Morgan fingerprint density at radius 3 is 2.60 bits per heavy atom. The zero-order valence-corrected chi connectivity index (χ0v) is 9.79. The van der Waals surface area contributed by atoms with Crippen LogP contribution in [0.1, 0.15) is 18.9 Å². The third-order valence-electron chi connectivity index (χ3n) is 2.15. The van der Waals surface area contributed by atoms with Gasteiger partial charge in [0.1, 0.15) is 0 Å². The van der Waals surface area contributed by atoms with Crippen LogP contribution in [0.25, 0.3) is 0 Å². The van der Waals surface area contributed by atoms with Crippen LogP contribution in [0.3, 0.4) is 0 Å². The van der Waals surface area contributed by atoms with E-state index in [0.717, 1.165) is 5.56 Å². The van der Waals surface area contributed by atoms with Gasteiger partial charge in [-0.15, -0.1) is 0 Å². The molecule has 0 spiro atoms. The van der Waals surface area contributed by atoms with Crippen LogP contribution in [0.4, 0.5) is 0 Å². The SMILES string of the molecule is Cc1cccc(S(=O)(=O)CCC(C)O)c1. The Hall–Kier alpha value is -0.870.